The van der Waals surface area contributed by atoms with Gasteiger partial charge in [-0.05, 0) is 43.7 Å². The molecule has 0 N–H and O–H groups in total. The van der Waals surface area contributed by atoms with Crippen molar-refractivity contribution in [1.29, 1.82) is 0 Å². The highest BCUT2D eigenvalue weighted by molar-refractivity contribution is 9.10. The van der Waals surface area contributed by atoms with E-state index >= 15 is 0 Å². The molecule has 2 aromatic rings. The molecule has 0 aliphatic heterocycles. The highest BCUT2D eigenvalue weighted by Crippen LogP contribution is 2.29. The predicted octanol–water partition coefficient (Wildman–Crippen LogP) is 4.42. The smallest absolute Gasteiger partial charge is 0.202 e. The second kappa shape index (κ2) is 6.76. The largest absolute Gasteiger partial charge is 0.493 e. The van der Waals surface area contributed by atoms with E-state index in [9.17, 15) is 4.79 Å². The van der Waals surface area contributed by atoms with Crippen molar-refractivity contribution in [2.75, 3.05) is 7.11 Å². The summed E-state index contributed by atoms with van der Waals surface area (Å²) in [5.41, 5.74) is 1.70. The summed E-state index contributed by atoms with van der Waals surface area (Å²) in [5, 5.41) is 0. The van der Waals surface area contributed by atoms with Crippen LogP contribution in [0.15, 0.2) is 46.9 Å². The van der Waals surface area contributed by atoms with Gasteiger partial charge in [-0.3, -0.25) is 4.79 Å². The molecule has 0 aliphatic carbocycles. The van der Waals surface area contributed by atoms with Crippen LogP contribution >= 0.6 is 15.9 Å². The average molecular weight is 349 g/mol. The van der Waals surface area contributed by atoms with Crippen molar-refractivity contribution in [3.8, 4) is 11.5 Å². The summed E-state index contributed by atoms with van der Waals surface area (Å²) >= 11 is 3.35. The first-order chi connectivity index (χ1) is 10.0. The summed E-state index contributed by atoms with van der Waals surface area (Å²) in [7, 11) is 1.59. The number of rotatable bonds is 5. The van der Waals surface area contributed by atoms with Gasteiger partial charge in [-0.15, -0.1) is 0 Å². The Balaban J connectivity index is 2.16. The Bertz CT molecular complexity index is 635. The topological polar surface area (TPSA) is 35.5 Å². The number of methoxy groups -OCH3 is 1. The molecule has 0 heterocycles. The SMILES string of the molecule is COc1cc(C)ccc1OC(C)C(=O)c1ccc(Br)cc1. The molecule has 2 aromatic carbocycles. The molecule has 3 nitrogen and oxygen atoms in total. The first kappa shape index (κ1) is 15.6. The zero-order valence-corrected chi connectivity index (χ0v) is 13.8. The van der Waals surface area contributed by atoms with Gasteiger partial charge >= 0.3 is 0 Å². The Hall–Kier alpha value is -1.81. The molecule has 110 valence electrons. The number of halogens is 1. The Kier molecular flexibility index (Phi) is 5.02. The lowest BCUT2D eigenvalue weighted by Crippen LogP contribution is -2.24. The number of benzene rings is 2. The quantitative estimate of drug-likeness (QED) is 0.750. The van der Waals surface area contributed by atoms with Crippen molar-refractivity contribution in [3.05, 3.63) is 58.1 Å². The maximum Gasteiger partial charge on any atom is 0.202 e. The summed E-state index contributed by atoms with van der Waals surface area (Å²) in [6.07, 6.45) is -0.581. The highest BCUT2D eigenvalue weighted by Gasteiger charge is 2.18. The molecule has 21 heavy (non-hydrogen) atoms. The van der Waals surface area contributed by atoms with E-state index in [1.807, 2.05) is 37.3 Å². The van der Waals surface area contributed by atoms with E-state index in [0.717, 1.165) is 10.0 Å². The van der Waals surface area contributed by atoms with Crippen LogP contribution in [0.2, 0.25) is 0 Å². The van der Waals surface area contributed by atoms with E-state index in [-0.39, 0.29) is 5.78 Å². The number of hydrogen-bond donors (Lipinski definition) is 0. The normalized spacial score (nSPS) is 11.8. The first-order valence-corrected chi connectivity index (χ1v) is 7.41. The van der Waals surface area contributed by atoms with Crippen LogP contribution in [-0.2, 0) is 0 Å². The molecule has 0 saturated carbocycles. The van der Waals surface area contributed by atoms with Gasteiger partial charge in [-0.25, -0.2) is 0 Å². The minimum absolute atomic E-state index is 0.0647. The minimum Gasteiger partial charge on any atom is -0.493 e. The third-order valence-corrected chi connectivity index (χ3v) is 3.65. The Morgan fingerprint density at radius 1 is 1.10 bits per heavy atom. The fraction of sp³-hybridized carbons (Fsp3) is 0.235. The minimum atomic E-state index is -0.581. The lowest BCUT2D eigenvalue weighted by Gasteiger charge is -2.16. The standard InChI is InChI=1S/C17H17BrO3/c1-11-4-9-15(16(10-11)20-3)21-12(2)17(19)13-5-7-14(18)8-6-13/h4-10,12H,1-3H3. The molecule has 2 rings (SSSR count). The lowest BCUT2D eigenvalue weighted by atomic mass is 10.1. The molecule has 4 heteroatoms. The second-order valence-electron chi connectivity index (χ2n) is 4.79. The second-order valence-corrected chi connectivity index (χ2v) is 5.70. The molecule has 1 unspecified atom stereocenters. The highest BCUT2D eigenvalue weighted by atomic mass is 79.9. The number of carbonyl (C=O) groups excluding carboxylic acids is 1. The zero-order chi connectivity index (χ0) is 15.4. The van der Waals surface area contributed by atoms with Crippen molar-refractivity contribution in [2.24, 2.45) is 0 Å². The fourth-order valence-electron chi connectivity index (χ4n) is 1.97. The summed E-state index contributed by atoms with van der Waals surface area (Å²) in [6.45, 7) is 3.71. The molecule has 0 radical (unpaired) electrons. The molecule has 0 bridgehead atoms. The number of carbonyl (C=O) groups is 1. The average Bonchev–Trinajstić information content (AvgIpc) is 2.49. The van der Waals surface area contributed by atoms with Gasteiger partial charge in [0.1, 0.15) is 0 Å². The number of hydrogen-bond acceptors (Lipinski definition) is 3. The Morgan fingerprint density at radius 2 is 1.76 bits per heavy atom. The number of ketones is 1. The van der Waals surface area contributed by atoms with Crippen LogP contribution in [0.3, 0.4) is 0 Å². The predicted molar refractivity (Wildman–Crippen MR) is 86.3 cm³/mol. The molecule has 0 fully saturated rings. The van der Waals surface area contributed by atoms with Gasteiger partial charge in [-0.2, -0.15) is 0 Å². The number of ether oxygens (including phenoxy) is 2. The van der Waals surface area contributed by atoms with Gasteiger partial charge in [0, 0.05) is 10.0 Å². The van der Waals surface area contributed by atoms with E-state index in [2.05, 4.69) is 15.9 Å². The number of Topliss-reactive ketones (excluding diaryl/α,β-unsaturated/α-hetero) is 1. The zero-order valence-electron chi connectivity index (χ0n) is 12.2. The van der Waals surface area contributed by atoms with Crippen LogP contribution in [-0.4, -0.2) is 19.0 Å². The van der Waals surface area contributed by atoms with Gasteiger partial charge in [0.05, 0.1) is 7.11 Å². The lowest BCUT2D eigenvalue weighted by molar-refractivity contribution is 0.0814. The summed E-state index contributed by atoms with van der Waals surface area (Å²) < 4.78 is 12.0. The van der Waals surface area contributed by atoms with Crippen LogP contribution in [0.4, 0.5) is 0 Å². The first-order valence-electron chi connectivity index (χ1n) is 6.62. The molecule has 0 aromatic heterocycles. The molecule has 0 spiro atoms. The Labute approximate surface area is 133 Å². The van der Waals surface area contributed by atoms with Crippen LogP contribution in [0.25, 0.3) is 0 Å². The summed E-state index contributed by atoms with van der Waals surface area (Å²) in [6, 6.07) is 12.9. The van der Waals surface area contributed by atoms with Gasteiger partial charge in [0.2, 0.25) is 5.78 Å². The van der Waals surface area contributed by atoms with E-state index < -0.39 is 6.10 Å². The number of aryl methyl sites for hydroxylation is 1. The monoisotopic (exact) mass is 348 g/mol. The molecule has 0 aliphatic rings. The van der Waals surface area contributed by atoms with Gasteiger partial charge in [0.25, 0.3) is 0 Å². The van der Waals surface area contributed by atoms with Crippen LogP contribution in [0.5, 0.6) is 11.5 Å². The van der Waals surface area contributed by atoms with Crippen molar-refractivity contribution in [3.63, 3.8) is 0 Å². The van der Waals surface area contributed by atoms with Crippen molar-refractivity contribution in [2.45, 2.75) is 20.0 Å². The van der Waals surface area contributed by atoms with Crippen molar-refractivity contribution in [1.82, 2.24) is 0 Å². The van der Waals surface area contributed by atoms with E-state index in [4.69, 9.17) is 9.47 Å². The van der Waals surface area contributed by atoms with Crippen LogP contribution in [0, 0.1) is 6.92 Å². The fourth-order valence-corrected chi connectivity index (χ4v) is 2.23. The maximum absolute atomic E-state index is 12.3. The molecule has 0 amide bonds. The Morgan fingerprint density at radius 3 is 2.38 bits per heavy atom. The van der Waals surface area contributed by atoms with Crippen LogP contribution < -0.4 is 9.47 Å². The molecule has 1 atom stereocenters. The van der Waals surface area contributed by atoms with Gasteiger partial charge in [0.15, 0.2) is 17.6 Å². The maximum atomic E-state index is 12.3. The molecular weight excluding hydrogens is 332 g/mol. The van der Waals surface area contributed by atoms with Crippen molar-refractivity contribution >= 4 is 21.7 Å². The van der Waals surface area contributed by atoms with Gasteiger partial charge in [-0.1, -0.05) is 34.1 Å². The van der Waals surface area contributed by atoms with Crippen LogP contribution in [0.1, 0.15) is 22.8 Å². The molecule has 0 saturated heterocycles. The third kappa shape index (κ3) is 3.85. The van der Waals surface area contributed by atoms with E-state index in [1.165, 1.54) is 0 Å². The van der Waals surface area contributed by atoms with Gasteiger partial charge < -0.3 is 9.47 Å². The van der Waals surface area contributed by atoms with E-state index in [1.54, 1.807) is 26.2 Å². The van der Waals surface area contributed by atoms with Crippen molar-refractivity contribution < 1.29 is 14.3 Å². The summed E-state index contributed by atoms with van der Waals surface area (Å²) in [4.78, 5) is 12.3. The third-order valence-electron chi connectivity index (χ3n) is 3.12. The van der Waals surface area contributed by atoms with E-state index in [0.29, 0.717) is 17.1 Å². The summed E-state index contributed by atoms with van der Waals surface area (Å²) in [5.74, 6) is 1.14. The molecular formula is C17H17BrO3.